The first-order valence-electron chi connectivity index (χ1n) is 6.65. The standard InChI is InChI=1S/C16H10F2O5S/c1-22-13-4-2-3-9-5-14(16(19)23-15(9)13)24(20,21)12-7-10(17)6-11(18)8-12/h2-8H,1H3. The minimum atomic E-state index is -4.45. The summed E-state index contributed by atoms with van der Waals surface area (Å²) in [6.45, 7) is 0. The summed E-state index contributed by atoms with van der Waals surface area (Å²) in [6, 6.07) is 7.53. The molecular weight excluding hydrogens is 342 g/mol. The Morgan fingerprint density at radius 1 is 1.04 bits per heavy atom. The number of benzene rings is 2. The molecule has 2 aromatic carbocycles. The van der Waals surface area contributed by atoms with Gasteiger partial charge < -0.3 is 9.15 Å². The van der Waals surface area contributed by atoms with E-state index in [0.717, 1.165) is 6.07 Å². The minimum Gasteiger partial charge on any atom is -0.493 e. The first-order chi connectivity index (χ1) is 11.3. The van der Waals surface area contributed by atoms with Crippen LogP contribution in [0, 0.1) is 11.6 Å². The lowest BCUT2D eigenvalue weighted by Crippen LogP contribution is -2.15. The molecule has 0 unspecified atom stereocenters. The molecule has 0 fully saturated rings. The molecule has 5 nitrogen and oxygen atoms in total. The van der Waals surface area contributed by atoms with Gasteiger partial charge >= 0.3 is 5.63 Å². The quantitative estimate of drug-likeness (QED) is 0.678. The van der Waals surface area contributed by atoms with Crippen molar-refractivity contribution in [2.45, 2.75) is 9.79 Å². The molecule has 0 N–H and O–H groups in total. The average Bonchev–Trinajstić information content (AvgIpc) is 2.52. The number of fused-ring (bicyclic) bond motifs is 1. The number of rotatable bonds is 3. The SMILES string of the molecule is COc1cccc2cc(S(=O)(=O)c3cc(F)cc(F)c3)c(=O)oc12. The van der Waals surface area contributed by atoms with Gasteiger partial charge in [0.25, 0.3) is 0 Å². The number of halogens is 2. The van der Waals surface area contributed by atoms with E-state index in [9.17, 15) is 22.0 Å². The monoisotopic (exact) mass is 352 g/mol. The number of hydrogen-bond donors (Lipinski definition) is 0. The third-order valence-corrected chi connectivity index (χ3v) is 5.07. The van der Waals surface area contributed by atoms with Crippen LogP contribution in [0.4, 0.5) is 8.78 Å². The third-order valence-electron chi connectivity index (χ3n) is 3.35. The molecule has 0 saturated carbocycles. The second kappa shape index (κ2) is 5.72. The van der Waals surface area contributed by atoms with Crippen LogP contribution in [0.2, 0.25) is 0 Å². The van der Waals surface area contributed by atoms with E-state index < -0.39 is 36.9 Å². The Kier molecular flexibility index (Phi) is 3.84. The second-order valence-electron chi connectivity index (χ2n) is 4.89. The summed E-state index contributed by atoms with van der Waals surface area (Å²) in [5.41, 5.74) is -1.08. The Morgan fingerprint density at radius 3 is 2.33 bits per heavy atom. The predicted molar refractivity (Wildman–Crippen MR) is 80.8 cm³/mol. The molecule has 0 aliphatic rings. The summed E-state index contributed by atoms with van der Waals surface area (Å²) in [7, 11) is -3.08. The van der Waals surface area contributed by atoms with E-state index in [1.807, 2.05) is 0 Å². The van der Waals surface area contributed by atoms with Crippen molar-refractivity contribution in [3.8, 4) is 5.75 Å². The zero-order valence-electron chi connectivity index (χ0n) is 12.2. The van der Waals surface area contributed by atoms with Crippen LogP contribution in [-0.4, -0.2) is 15.5 Å². The van der Waals surface area contributed by atoms with Crippen molar-refractivity contribution < 1.29 is 26.4 Å². The average molecular weight is 352 g/mol. The van der Waals surface area contributed by atoms with E-state index in [0.29, 0.717) is 23.6 Å². The molecule has 1 heterocycles. The molecule has 3 rings (SSSR count). The Bertz CT molecular complexity index is 1080. The van der Waals surface area contributed by atoms with Crippen molar-refractivity contribution in [3.05, 3.63) is 64.5 Å². The van der Waals surface area contributed by atoms with Crippen LogP contribution in [0.3, 0.4) is 0 Å². The maximum atomic E-state index is 13.3. The molecule has 124 valence electrons. The Hall–Kier alpha value is -2.74. The predicted octanol–water partition coefficient (Wildman–Crippen LogP) is 2.91. The van der Waals surface area contributed by atoms with Crippen molar-refractivity contribution in [1.82, 2.24) is 0 Å². The number of methoxy groups -OCH3 is 1. The number of ether oxygens (including phenoxy) is 1. The third kappa shape index (κ3) is 2.65. The maximum Gasteiger partial charge on any atom is 0.355 e. The zero-order valence-corrected chi connectivity index (χ0v) is 13.1. The van der Waals surface area contributed by atoms with Crippen LogP contribution < -0.4 is 10.4 Å². The fourth-order valence-corrected chi connectivity index (χ4v) is 3.59. The van der Waals surface area contributed by atoms with Crippen LogP contribution in [0.1, 0.15) is 0 Å². The van der Waals surface area contributed by atoms with Gasteiger partial charge in [-0.2, -0.15) is 0 Å². The van der Waals surface area contributed by atoms with Gasteiger partial charge in [-0.25, -0.2) is 22.0 Å². The Morgan fingerprint density at radius 2 is 1.71 bits per heavy atom. The van der Waals surface area contributed by atoms with Crippen molar-refractivity contribution in [3.63, 3.8) is 0 Å². The van der Waals surface area contributed by atoms with E-state index in [2.05, 4.69) is 0 Å². The topological polar surface area (TPSA) is 73.6 Å². The minimum absolute atomic E-state index is 0.0781. The lowest BCUT2D eigenvalue weighted by molar-refractivity contribution is 0.405. The second-order valence-corrected chi connectivity index (χ2v) is 6.80. The van der Waals surface area contributed by atoms with E-state index in [1.165, 1.54) is 13.2 Å². The van der Waals surface area contributed by atoms with Crippen LogP contribution in [0.25, 0.3) is 11.0 Å². The van der Waals surface area contributed by atoms with Gasteiger partial charge in [-0.3, -0.25) is 0 Å². The van der Waals surface area contributed by atoms with E-state index in [-0.39, 0.29) is 11.3 Å². The Labute approximate surface area is 135 Å². The van der Waals surface area contributed by atoms with Gasteiger partial charge in [0.2, 0.25) is 9.84 Å². The fraction of sp³-hybridized carbons (Fsp3) is 0.0625. The van der Waals surface area contributed by atoms with Crippen molar-refractivity contribution in [2.75, 3.05) is 7.11 Å². The summed E-state index contributed by atoms with van der Waals surface area (Å²) >= 11 is 0. The molecule has 8 heteroatoms. The highest BCUT2D eigenvalue weighted by molar-refractivity contribution is 7.91. The van der Waals surface area contributed by atoms with Crippen LogP contribution in [0.5, 0.6) is 5.75 Å². The van der Waals surface area contributed by atoms with Crippen LogP contribution in [0.15, 0.2) is 61.5 Å². The molecule has 0 bridgehead atoms. The molecule has 0 saturated heterocycles. The molecule has 0 spiro atoms. The van der Waals surface area contributed by atoms with Gasteiger partial charge in [-0.15, -0.1) is 0 Å². The summed E-state index contributed by atoms with van der Waals surface area (Å²) in [6.07, 6.45) is 0. The van der Waals surface area contributed by atoms with Gasteiger partial charge in [0.15, 0.2) is 16.2 Å². The molecule has 0 aliphatic heterocycles. The van der Waals surface area contributed by atoms with Crippen LogP contribution in [-0.2, 0) is 9.84 Å². The van der Waals surface area contributed by atoms with Gasteiger partial charge in [0, 0.05) is 11.5 Å². The zero-order chi connectivity index (χ0) is 17.5. The largest absolute Gasteiger partial charge is 0.493 e. The molecule has 0 radical (unpaired) electrons. The highest BCUT2D eigenvalue weighted by Gasteiger charge is 2.25. The van der Waals surface area contributed by atoms with Crippen molar-refractivity contribution >= 4 is 20.8 Å². The van der Waals surface area contributed by atoms with E-state index in [1.54, 1.807) is 12.1 Å². The summed E-state index contributed by atoms with van der Waals surface area (Å²) in [4.78, 5) is 10.7. The van der Waals surface area contributed by atoms with Crippen LogP contribution >= 0.6 is 0 Å². The smallest absolute Gasteiger partial charge is 0.355 e. The fourth-order valence-electron chi connectivity index (χ4n) is 2.26. The lowest BCUT2D eigenvalue weighted by atomic mass is 10.2. The molecule has 1 aromatic heterocycles. The number of sulfone groups is 1. The molecule has 0 atom stereocenters. The van der Waals surface area contributed by atoms with Gasteiger partial charge in [-0.1, -0.05) is 12.1 Å². The van der Waals surface area contributed by atoms with E-state index in [4.69, 9.17) is 9.15 Å². The van der Waals surface area contributed by atoms with Crippen molar-refractivity contribution in [1.29, 1.82) is 0 Å². The molecule has 0 amide bonds. The van der Waals surface area contributed by atoms with Crippen molar-refractivity contribution in [2.24, 2.45) is 0 Å². The van der Waals surface area contributed by atoms with E-state index >= 15 is 0 Å². The Balaban J connectivity index is 2.29. The number of hydrogen-bond acceptors (Lipinski definition) is 5. The maximum absolute atomic E-state index is 13.3. The molecule has 0 aliphatic carbocycles. The molecular formula is C16H10F2O5S. The normalized spacial score (nSPS) is 11.6. The lowest BCUT2D eigenvalue weighted by Gasteiger charge is -2.07. The number of para-hydroxylation sites is 1. The first-order valence-corrected chi connectivity index (χ1v) is 8.13. The summed E-state index contributed by atoms with van der Waals surface area (Å²) < 4.78 is 61.8. The van der Waals surface area contributed by atoms with Gasteiger partial charge in [0.05, 0.1) is 12.0 Å². The van der Waals surface area contributed by atoms with Gasteiger partial charge in [0.1, 0.15) is 11.6 Å². The molecule has 3 aromatic rings. The summed E-state index contributed by atoms with van der Waals surface area (Å²) in [5.74, 6) is -1.88. The summed E-state index contributed by atoms with van der Waals surface area (Å²) in [5, 5.41) is 0.296. The first kappa shape index (κ1) is 16.1. The molecule has 24 heavy (non-hydrogen) atoms. The highest BCUT2D eigenvalue weighted by Crippen LogP contribution is 2.27. The highest BCUT2D eigenvalue weighted by atomic mass is 32.2. The van der Waals surface area contributed by atoms with Gasteiger partial charge in [-0.05, 0) is 24.3 Å².